The molecule has 2 heterocycles. The summed E-state index contributed by atoms with van der Waals surface area (Å²) >= 11 is 0. The molecule has 4 nitrogen and oxygen atoms in total. The van der Waals surface area contributed by atoms with Crippen molar-refractivity contribution in [1.82, 2.24) is 9.97 Å². The van der Waals surface area contributed by atoms with Crippen molar-refractivity contribution >= 4 is 0 Å². The SMILES string of the molecule is CC(C)CC(CN)c1ncc(-c2ccco2)[nH]1. The van der Waals surface area contributed by atoms with Crippen molar-refractivity contribution in [3.05, 3.63) is 30.4 Å². The second-order valence-corrected chi connectivity index (χ2v) is 4.72. The third kappa shape index (κ3) is 2.77. The summed E-state index contributed by atoms with van der Waals surface area (Å²) < 4.78 is 5.32. The van der Waals surface area contributed by atoms with E-state index in [-0.39, 0.29) is 0 Å². The van der Waals surface area contributed by atoms with E-state index < -0.39 is 0 Å². The summed E-state index contributed by atoms with van der Waals surface area (Å²) in [6.45, 7) is 5.00. The largest absolute Gasteiger partial charge is 0.463 e. The number of hydrogen-bond acceptors (Lipinski definition) is 3. The van der Waals surface area contributed by atoms with Gasteiger partial charge in [0.2, 0.25) is 0 Å². The zero-order valence-corrected chi connectivity index (χ0v) is 10.3. The highest BCUT2D eigenvalue weighted by Gasteiger charge is 2.16. The van der Waals surface area contributed by atoms with E-state index in [4.69, 9.17) is 10.2 Å². The lowest BCUT2D eigenvalue weighted by molar-refractivity contribution is 0.490. The van der Waals surface area contributed by atoms with E-state index in [1.165, 1.54) is 0 Å². The number of aromatic nitrogens is 2. The average Bonchev–Trinajstić information content (AvgIpc) is 2.95. The maximum Gasteiger partial charge on any atom is 0.151 e. The molecule has 0 aliphatic carbocycles. The summed E-state index contributed by atoms with van der Waals surface area (Å²) in [5.74, 6) is 2.66. The van der Waals surface area contributed by atoms with Crippen LogP contribution in [-0.4, -0.2) is 16.5 Å². The molecule has 3 N–H and O–H groups in total. The van der Waals surface area contributed by atoms with Gasteiger partial charge in [0.25, 0.3) is 0 Å². The number of rotatable bonds is 5. The molecule has 17 heavy (non-hydrogen) atoms. The van der Waals surface area contributed by atoms with E-state index in [0.29, 0.717) is 18.4 Å². The van der Waals surface area contributed by atoms with Crippen molar-refractivity contribution in [2.45, 2.75) is 26.2 Å². The van der Waals surface area contributed by atoms with Gasteiger partial charge in [-0.05, 0) is 24.5 Å². The summed E-state index contributed by atoms with van der Waals surface area (Å²) in [7, 11) is 0. The van der Waals surface area contributed by atoms with Gasteiger partial charge in [-0.2, -0.15) is 0 Å². The Kier molecular flexibility index (Phi) is 3.64. The van der Waals surface area contributed by atoms with Crippen molar-refractivity contribution in [3.8, 4) is 11.5 Å². The molecule has 0 radical (unpaired) electrons. The number of H-pyrrole nitrogens is 1. The molecule has 2 rings (SSSR count). The molecule has 1 atom stereocenters. The van der Waals surface area contributed by atoms with Crippen LogP contribution in [0.2, 0.25) is 0 Å². The van der Waals surface area contributed by atoms with E-state index in [0.717, 1.165) is 23.7 Å². The lowest BCUT2D eigenvalue weighted by Gasteiger charge is -2.14. The number of aromatic amines is 1. The first-order valence-corrected chi connectivity index (χ1v) is 5.99. The normalized spacial score (nSPS) is 13.2. The van der Waals surface area contributed by atoms with Gasteiger partial charge in [-0.3, -0.25) is 0 Å². The number of nitrogens with zero attached hydrogens (tertiary/aromatic N) is 1. The van der Waals surface area contributed by atoms with Crippen molar-refractivity contribution in [2.75, 3.05) is 6.54 Å². The van der Waals surface area contributed by atoms with Crippen LogP contribution in [0, 0.1) is 5.92 Å². The number of nitrogens with two attached hydrogens (primary N) is 1. The first-order valence-electron chi connectivity index (χ1n) is 5.99. The lowest BCUT2D eigenvalue weighted by Crippen LogP contribution is -2.15. The Labute approximate surface area is 101 Å². The molecule has 0 aliphatic heterocycles. The Balaban J connectivity index is 2.16. The van der Waals surface area contributed by atoms with Crippen LogP contribution in [0.15, 0.2) is 29.0 Å². The zero-order valence-electron chi connectivity index (χ0n) is 10.3. The van der Waals surface area contributed by atoms with Gasteiger partial charge in [-0.15, -0.1) is 0 Å². The standard InChI is InChI=1S/C13H19N3O/c1-9(2)6-10(7-14)13-15-8-11(16-13)12-4-3-5-17-12/h3-5,8-10H,6-7,14H2,1-2H3,(H,15,16). The fourth-order valence-electron chi connectivity index (χ4n) is 1.99. The quantitative estimate of drug-likeness (QED) is 0.834. The van der Waals surface area contributed by atoms with E-state index in [2.05, 4.69) is 23.8 Å². The van der Waals surface area contributed by atoms with Gasteiger partial charge in [0, 0.05) is 12.5 Å². The molecule has 0 saturated carbocycles. The molecule has 92 valence electrons. The smallest absolute Gasteiger partial charge is 0.151 e. The fraction of sp³-hybridized carbons (Fsp3) is 0.462. The molecule has 0 amide bonds. The monoisotopic (exact) mass is 233 g/mol. The first kappa shape index (κ1) is 11.9. The van der Waals surface area contributed by atoms with Gasteiger partial charge >= 0.3 is 0 Å². The molecule has 0 saturated heterocycles. The Morgan fingerprint density at radius 1 is 1.47 bits per heavy atom. The van der Waals surface area contributed by atoms with Gasteiger partial charge in [0.15, 0.2) is 5.76 Å². The van der Waals surface area contributed by atoms with Crippen LogP contribution in [0.25, 0.3) is 11.5 Å². The maximum absolute atomic E-state index is 5.80. The third-order valence-electron chi connectivity index (χ3n) is 2.81. The minimum atomic E-state index is 0.290. The third-order valence-corrected chi connectivity index (χ3v) is 2.81. The molecular weight excluding hydrogens is 214 g/mol. The number of nitrogens with one attached hydrogen (secondary N) is 1. The second-order valence-electron chi connectivity index (χ2n) is 4.72. The molecule has 0 fully saturated rings. The highest BCUT2D eigenvalue weighted by atomic mass is 16.3. The van der Waals surface area contributed by atoms with E-state index in [1.54, 1.807) is 12.5 Å². The highest BCUT2D eigenvalue weighted by Crippen LogP contribution is 2.24. The van der Waals surface area contributed by atoms with Crippen LogP contribution in [0.3, 0.4) is 0 Å². The maximum atomic E-state index is 5.80. The topological polar surface area (TPSA) is 67.8 Å². The molecular formula is C13H19N3O. The molecule has 0 aliphatic rings. The van der Waals surface area contributed by atoms with E-state index in [9.17, 15) is 0 Å². The Morgan fingerprint density at radius 3 is 2.88 bits per heavy atom. The van der Waals surface area contributed by atoms with E-state index >= 15 is 0 Å². The van der Waals surface area contributed by atoms with Crippen LogP contribution in [0.4, 0.5) is 0 Å². The van der Waals surface area contributed by atoms with E-state index in [1.807, 2.05) is 12.1 Å². The summed E-state index contributed by atoms with van der Waals surface area (Å²) in [4.78, 5) is 7.69. The van der Waals surface area contributed by atoms with Gasteiger partial charge in [0.05, 0.1) is 12.5 Å². The van der Waals surface area contributed by atoms with Crippen LogP contribution in [-0.2, 0) is 0 Å². The van der Waals surface area contributed by atoms with Crippen molar-refractivity contribution < 1.29 is 4.42 Å². The zero-order chi connectivity index (χ0) is 12.3. The molecule has 2 aromatic rings. The molecule has 4 heteroatoms. The Morgan fingerprint density at radius 2 is 2.29 bits per heavy atom. The Hall–Kier alpha value is -1.55. The molecule has 0 bridgehead atoms. The summed E-state index contributed by atoms with van der Waals surface area (Å²) in [6, 6.07) is 3.78. The number of furan rings is 1. The second kappa shape index (κ2) is 5.19. The number of imidazole rings is 1. The van der Waals surface area contributed by atoms with Crippen molar-refractivity contribution in [3.63, 3.8) is 0 Å². The predicted octanol–water partition coefficient (Wildman–Crippen LogP) is 2.76. The fourth-order valence-corrected chi connectivity index (χ4v) is 1.99. The van der Waals surface area contributed by atoms with Gasteiger partial charge in [0.1, 0.15) is 11.5 Å². The van der Waals surface area contributed by atoms with Gasteiger partial charge < -0.3 is 15.1 Å². The summed E-state index contributed by atoms with van der Waals surface area (Å²) in [5, 5.41) is 0. The summed E-state index contributed by atoms with van der Waals surface area (Å²) in [6.07, 6.45) is 4.50. The van der Waals surface area contributed by atoms with Gasteiger partial charge in [-0.25, -0.2) is 4.98 Å². The van der Waals surface area contributed by atoms with Crippen molar-refractivity contribution in [1.29, 1.82) is 0 Å². The molecule has 1 unspecified atom stereocenters. The molecule has 2 aromatic heterocycles. The average molecular weight is 233 g/mol. The van der Waals surface area contributed by atoms with Crippen molar-refractivity contribution in [2.24, 2.45) is 11.7 Å². The van der Waals surface area contributed by atoms with Crippen LogP contribution < -0.4 is 5.73 Å². The summed E-state index contributed by atoms with van der Waals surface area (Å²) in [5.41, 5.74) is 6.71. The van der Waals surface area contributed by atoms with Gasteiger partial charge in [-0.1, -0.05) is 13.8 Å². The minimum Gasteiger partial charge on any atom is -0.463 e. The predicted molar refractivity (Wildman–Crippen MR) is 67.5 cm³/mol. The first-order chi connectivity index (χ1) is 8.20. The lowest BCUT2D eigenvalue weighted by atomic mass is 9.97. The Bertz CT molecular complexity index is 445. The van der Waals surface area contributed by atoms with Crippen LogP contribution in [0.1, 0.15) is 32.0 Å². The highest BCUT2D eigenvalue weighted by molar-refractivity contribution is 5.50. The molecule has 0 aromatic carbocycles. The van der Waals surface area contributed by atoms with Crippen LogP contribution >= 0.6 is 0 Å². The van der Waals surface area contributed by atoms with Crippen LogP contribution in [0.5, 0.6) is 0 Å². The number of hydrogen-bond donors (Lipinski definition) is 2. The minimum absolute atomic E-state index is 0.290. The molecule has 0 spiro atoms.